The van der Waals surface area contributed by atoms with Crippen LogP contribution in [-0.4, -0.2) is 52.6 Å². The Labute approximate surface area is 119 Å². The summed E-state index contributed by atoms with van der Waals surface area (Å²) in [7, 11) is 5.25. The van der Waals surface area contributed by atoms with Crippen LogP contribution >= 0.6 is 11.6 Å². The van der Waals surface area contributed by atoms with Gasteiger partial charge in [0.05, 0.1) is 23.9 Å². The molecule has 0 aliphatic rings. The molecule has 0 aliphatic heterocycles. The van der Waals surface area contributed by atoms with Gasteiger partial charge in [-0.1, -0.05) is 11.6 Å². The molecule has 0 fully saturated rings. The number of ether oxygens (including phenoxy) is 2. The zero-order valence-electron chi connectivity index (χ0n) is 11.8. The highest BCUT2D eigenvalue weighted by atomic mass is 35.5. The van der Waals surface area contributed by atoms with Gasteiger partial charge in [0.2, 0.25) is 0 Å². The molecule has 0 aromatic carbocycles. The molecule has 5 nitrogen and oxygen atoms in total. The summed E-state index contributed by atoms with van der Waals surface area (Å²) in [6, 6.07) is 3.80. The van der Waals surface area contributed by atoms with E-state index in [0.29, 0.717) is 24.8 Å². The highest BCUT2D eigenvalue weighted by molar-refractivity contribution is 6.31. The van der Waals surface area contributed by atoms with Crippen LogP contribution in [0.3, 0.4) is 0 Å². The lowest BCUT2D eigenvalue weighted by molar-refractivity contribution is 0.190. The molecule has 1 heterocycles. The van der Waals surface area contributed by atoms with E-state index in [1.54, 1.807) is 14.2 Å². The summed E-state index contributed by atoms with van der Waals surface area (Å²) in [6.45, 7) is 3.49. The van der Waals surface area contributed by atoms with Crippen molar-refractivity contribution in [2.45, 2.75) is 6.54 Å². The molecule has 0 amide bonds. The maximum Gasteiger partial charge on any atom is 0.129 e. The zero-order chi connectivity index (χ0) is 14.1. The summed E-state index contributed by atoms with van der Waals surface area (Å²) >= 11 is 6.12. The third kappa shape index (κ3) is 5.32. The molecule has 1 rings (SSSR count). The first-order valence-corrected chi connectivity index (χ1v) is 6.63. The molecule has 0 radical (unpaired) electrons. The Morgan fingerprint density at radius 3 is 2.37 bits per heavy atom. The van der Waals surface area contributed by atoms with Gasteiger partial charge in [0.15, 0.2) is 0 Å². The monoisotopic (exact) mass is 287 g/mol. The van der Waals surface area contributed by atoms with E-state index in [4.69, 9.17) is 21.1 Å². The minimum absolute atomic E-state index is 0.648. The number of rotatable bonds is 9. The Kier molecular flexibility index (Phi) is 7.74. The van der Waals surface area contributed by atoms with Crippen molar-refractivity contribution < 1.29 is 9.47 Å². The molecule has 1 aromatic rings. The Morgan fingerprint density at radius 2 is 1.84 bits per heavy atom. The maximum absolute atomic E-state index is 6.12. The highest BCUT2D eigenvalue weighted by Gasteiger charge is 2.10. The second kappa shape index (κ2) is 9.09. The minimum Gasteiger partial charge on any atom is -0.383 e. The molecule has 0 bridgehead atoms. The standard InChI is InChI=1S/C13H22ClN3O2/c1-15-10-12-11(14)4-5-13(16-12)17(6-8-18-2)7-9-19-3/h4-5,15H,6-10H2,1-3H3. The van der Waals surface area contributed by atoms with Gasteiger partial charge in [-0.3, -0.25) is 0 Å². The van der Waals surface area contributed by atoms with Crippen LogP contribution in [0.15, 0.2) is 12.1 Å². The number of nitrogens with zero attached hydrogens (tertiary/aromatic N) is 2. The second-order valence-corrected chi connectivity index (χ2v) is 4.51. The molecular weight excluding hydrogens is 266 g/mol. The molecule has 0 unspecified atom stereocenters. The van der Waals surface area contributed by atoms with Crippen LogP contribution in [0.1, 0.15) is 5.69 Å². The van der Waals surface area contributed by atoms with Crippen LogP contribution in [0, 0.1) is 0 Å². The summed E-state index contributed by atoms with van der Waals surface area (Å²) in [5.41, 5.74) is 0.849. The fourth-order valence-electron chi connectivity index (χ4n) is 1.68. The van der Waals surface area contributed by atoms with Gasteiger partial charge < -0.3 is 19.7 Å². The van der Waals surface area contributed by atoms with Crippen molar-refractivity contribution in [2.75, 3.05) is 52.5 Å². The Balaban J connectivity index is 2.83. The zero-order valence-corrected chi connectivity index (χ0v) is 12.5. The number of nitrogens with one attached hydrogen (secondary N) is 1. The number of hydrogen-bond acceptors (Lipinski definition) is 5. The number of pyridine rings is 1. The Bertz CT molecular complexity index is 369. The summed E-state index contributed by atoms with van der Waals surface area (Å²) in [6.07, 6.45) is 0. The molecule has 0 saturated heterocycles. The Hall–Kier alpha value is -0.880. The van der Waals surface area contributed by atoms with Gasteiger partial charge >= 0.3 is 0 Å². The van der Waals surface area contributed by atoms with Gasteiger partial charge in [0, 0.05) is 33.9 Å². The average Bonchev–Trinajstić information content (AvgIpc) is 2.42. The first-order chi connectivity index (χ1) is 9.22. The van der Waals surface area contributed by atoms with Crippen LogP contribution < -0.4 is 10.2 Å². The first kappa shape index (κ1) is 16.2. The number of hydrogen-bond donors (Lipinski definition) is 1. The summed E-state index contributed by atoms with van der Waals surface area (Å²) in [5.74, 6) is 0.892. The third-order valence-corrected chi connectivity index (χ3v) is 3.05. The molecule has 6 heteroatoms. The minimum atomic E-state index is 0.648. The van der Waals surface area contributed by atoms with Crippen LogP contribution in [0.2, 0.25) is 5.02 Å². The van der Waals surface area contributed by atoms with Gasteiger partial charge in [0.25, 0.3) is 0 Å². The number of anilines is 1. The number of halogens is 1. The first-order valence-electron chi connectivity index (χ1n) is 6.25. The van der Waals surface area contributed by atoms with Crippen LogP contribution in [0.25, 0.3) is 0 Å². The SMILES string of the molecule is CNCc1nc(N(CCOC)CCOC)ccc1Cl. The van der Waals surface area contributed by atoms with Gasteiger partial charge in [-0.25, -0.2) is 4.98 Å². The van der Waals surface area contributed by atoms with Crippen molar-refractivity contribution in [2.24, 2.45) is 0 Å². The number of methoxy groups -OCH3 is 2. The van der Waals surface area contributed by atoms with E-state index < -0.39 is 0 Å². The van der Waals surface area contributed by atoms with E-state index in [0.717, 1.165) is 24.6 Å². The van der Waals surface area contributed by atoms with Crippen molar-refractivity contribution in [3.63, 3.8) is 0 Å². The van der Waals surface area contributed by atoms with Gasteiger partial charge in [-0.15, -0.1) is 0 Å². The summed E-state index contributed by atoms with van der Waals surface area (Å²) in [4.78, 5) is 6.72. The van der Waals surface area contributed by atoms with Gasteiger partial charge in [-0.05, 0) is 19.2 Å². The lowest BCUT2D eigenvalue weighted by Crippen LogP contribution is -2.31. The van der Waals surface area contributed by atoms with Crippen LogP contribution in [0.4, 0.5) is 5.82 Å². The van der Waals surface area contributed by atoms with Crippen molar-refractivity contribution in [1.29, 1.82) is 0 Å². The molecule has 1 N–H and O–H groups in total. The Morgan fingerprint density at radius 1 is 1.21 bits per heavy atom. The molecule has 0 atom stereocenters. The molecule has 0 saturated carbocycles. The van der Waals surface area contributed by atoms with Crippen molar-refractivity contribution in [1.82, 2.24) is 10.3 Å². The lowest BCUT2D eigenvalue weighted by atomic mass is 10.3. The third-order valence-electron chi connectivity index (χ3n) is 2.70. The summed E-state index contributed by atoms with van der Waals surface area (Å²) in [5, 5.41) is 3.74. The lowest BCUT2D eigenvalue weighted by Gasteiger charge is -2.23. The average molecular weight is 288 g/mol. The van der Waals surface area contributed by atoms with Gasteiger partial charge in [-0.2, -0.15) is 0 Å². The second-order valence-electron chi connectivity index (χ2n) is 4.10. The molecule has 19 heavy (non-hydrogen) atoms. The normalized spacial score (nSPS) is 10.7. The highest BCUT2D eigenvalue weighted by Crippen LogP contribution is 2.19. The number of aromatic nitrogens is 1. The van der Waals surface area contributed by atoms with Crippen molar-refractivity contribution in [3.8, 4) is 0 Å². The largest absolute Gasteiger partial charge is 0.383 e. The molecule has 1 aromatic heterocycles. The smallest absolute Gasteiger partial charge is 0.129 e. The maximum atomic E-state index is 6.12. The fraction of sp³-hybridized carbons (Fsp3) is 0.615. The van der Waals surface area contributed by atoms with Crippen molar-refractivity contribution in [3.05, 3.63) is 22.8 Å². The molecule has 0 aliphatic carbocycles. The predicted molar refractivity (Wildman–Crippen MR) is 78.0 cm³/mol. The van der Waals surface area contributed by atoms with Crippen molar-refractivity contribution >= 4 is 17.4 Å². The van der Waals surface area contributed by atoms with Crippen LogP contribution in [-0.2, 0) is 16.0 Å². The molecule has 108 valence electrons. The van der Waals surface area contributed by atoms with E-state index in [1.165, 1.54) is 0 Å². The summed E-state index contributed by atoms with van der Waals surface area (Å²) < 4.78 is 10.3. The van der Waals surface area contributed by atoms with E-state index in [9.17, 15) is 0 Å². The van der Waals surface area contributed by atoms with E-state index in [1.807, 2.05) is 19.2 Å². The van der Waals surface area contributed by atoms with E-state index >= 15 is 0 Å². The van der Waals surface area contributed by atoms with Crippen LogP contribution in [0.5, 0.6) is 0 Å². The fourth-order valence-corrected chi connectivity index (χ4v) is 1.86. The van der Waals surface area contributed by atoms with E-state index in [2.05, 4.69) is 15.2 Å². The molecular formula is C13H22ClN3O2. The van der Waals surface area contributed by atoms with E-state index in [-0.39, 0.29) is 0 Å². The topological polar surface area (TPSA) is 46.6 Å². The quantitative estimate of drug-likeness (QED) is 0.747. The van der Waals surface area contributed by atoms with Gasteiger partial charge in [0.1, 0.15) is 5.82 Å². The molecule has 0 spiro atoms. The predicted octanol–water partition coefficient (Wildman–Crippen LogP) is 1.55.